The minimum Gasteiger partial charge on any atom is -0.330 e. The Balaban J connectivity index is 1.81. The minimum atomic E-state index is -0.265. The topological polar surface area (TPSA) is 49.8 Å². The molecule has 1 aromatic rings. The third kappa shape index (κ3) is 3.72. The first-order valence-corrected chi connectivity index (χ1v) is 7.69. The number of amides is 1. The molecule has 0 radical (unpaired) electrons. The average Bonchev–Trinajstić information content (AvgIpc) is 2.44. The Morgan fingerprint density at radius 1 is 1.47 bits per heavy atom. The van der Waals surface area contributed by atoms with Crippen molar-refractivity contribution >= 4 is 17.7 Å². The van der Waals surface area contributed by atoms with Gasteiger partial charge in [-0.3, -0.25) is 10.1 Å². The molecule has 104 valence electrons. The van der Waals surface area contributed by atoms with Crippen LogP contribution in [-0.4, -0.2) is 40.3 Å². The SMILES string of the molecule is CSC1CC(=O)N1CCC(Cc1ccccc1)OO. The van der Waals surface area contributed by atoms with Gasteiger partial charge in [0, 0.05) is 13.0 Å². The van der Waals surface area contributed by atoms with E-state index in [1.807, 2.05) is 41.5 Å². The predicted octanol–water partition coefficient (Wildman–Crippen LogP) is 2.40. The summed E-state index contributed by atoms with van der Waals surface area (Å²) in [5.74, 6) is 0.191. The first-order valence-electron chi connectivity index (χ1n) is 6.41. The Kier molecular flexibility index (Phi) is 5.24. The summed E-state index contributed by atoms with van der Waals surface area (Å²) < 4.78 is 0. The van der Waals surface area contributed by atoms with Gasteiger partial charge < -0.3 is 4.90 Å². The first kappa shape index (κ1) is 14.4. The maximum Gasteiger partial charge on any atom is 0.226 e. The number of β-lactam (4-membered cyclic amide) rings is 1. The zero-order chi connectivity index (χ0) is 13.7. The van der Waals surface area contributed by atoms with Crippen molar-refractivity contribution in [2.24, 2.45) is 0 Å². The number of thioether (sulfide) groups is 1. The van der Waals surface area contributed by atoms with Crippen molar-refractivity contribution in [1.82, 2.24) is 4.90 Å². The molecule has 0 spiro atoms. The fourth-order valence-electron chi connectivity index (χ4n) is 2.26. The van der Waals surface area contributed by atoms with Crippen LogP contribution >= 0.6 is 11.8 Å². The molecular formula is C14H19NO3S. The number of carbonyl (C=O) groups excluding carboxylic acids is 1. The van der Waals surface area contributed by atoms with Crippen molar-refractivity contribution in [3.05, 3.63) is 35.9 Å². The highest BCUT2D eigenvalue weighted by atomic mass is 32.2. The first-order chi connectivity index (χ1) is 9.24. The van der Waals surface area contributed by atoms with Gasteiger partial charge in [0.2, 0.25) is 5.91 Å². The van der Waals surface area contributed by atoms with Crippen LogP contribution in [0.4, 0.5) is 0 Å². The van der Waals surface area contributed by atoms with Crippen LogP contribution in [0.5, 0.6) is 0 Å². The molecule has 1 heterocycles. The van der Waals surface area contributed by atoms with Gasteiger partial charge in [-0.15, -0.1) is 11.8 Å². The lowest BCUT2D eigenvalue weighted by atomic mass is 10.0. The molecule has 0 aliphatic carbocycles. The third-order valence-corrected chi connectivity index (χ3v) is 4.40. The smallest absolute Gasteiger partial charge is 0.226 e. The van der Waals surface area contributed by atoms with Crippen LogP contribution in [0.1, 0.15) is 18.4 Å². The van der Waals surface area contributed by atoms with Crippen LogP contribution in [0, 0.1) is 0 Å². The number of likely N-dealkylation sites (tertiary alicyclic amines) is 1. The molecule has 1 saturated heterocycles. The van der Waals surface area contributed by atoms with E-state index in [0.29, 0.717) is 31.2 Å². The fourth-order valence-corrected chi connectivity index (χ4v) is 3.04. The summed E-state index contributed by atoms with van der Waals surface area (Å²) in [4.78, 5) is 17.8. The van der Waals surface area contributed by atoms with Crippen LogP contribution in [-0.2, 0) is 16.1 Å². The monoisotopic (exact) mass is 281 g/mol. The van der Waals surface area contributed by atoms with Gasteiger partial charge in [0.25, 0.3) is 0 Å². The molecule has 19 heavy (non-hydrogen) atoms. The van der Waals surface area contributed by atoms with Crippen molar-refractivity contribution in [3.63, 3.8) is 0 Å². The quantitative estimate of drug-likeness (QED) is 0.474. The van der Waals surface area contributed by atoms with Crippen molar-refractivity contribution < 1.29 is 14.9 Å². The van der Waals surface area contributed by atoms with E-state index in [2.05, 4.69) is 4.89 Å². The van der Waals surface area contributed by atoms with E-state index < -0.39 is 0 Å². The lowest BCUT2D eigenvalue weighted by Crippen LogP contribution is -2.51. The Morgan fingerprint density at radius 3 is 2.79 bits per heavy atom. The van der Waals surface area contributed by atoms with E-state index >= 15 is 0 Å². The molecule has 4 nitrogen and oxygen atoms in total. The Hall–Kier alpha value is -1.04. The summed E-state index contributed by atoms with van der Waals surface area (Å²) >= 11 is 1.69. The molecule has 1 N–H and O–H groups in total. The number of hydrogen-bond donors (Lipinski definition) is 1. The van der Waals surface area contributed by atoms with Crippen LogP contribution in [0.2, 0.25) is 0 Å². The highest BCUT2D eigenvalue weighted by Crippen LogP contribution is 2.28. The zero-order valence-electron chi connectivity index (χ0n) is 11.0. The Bertz CT molecular complexity index is 412. The van der Waals surface area contributed by atoms with Gasteiger partial charge in [0.1, 0.15) is 0 Å². The lowest BCUT2D eigenvalue weighted by molar-refractivity contribution is -0.279. The van der Waals surface area contributed by atoms with E-state index in [-0.39, 0.29) is 12.0 Å². The van der Waals surface area contributed by atoms with Gasteiger partial charge in [0.15, 0.2) is 0 Å². The summed E-state index contributed by atoms with van der Waals surface area (Å²) in [5.41, 5.74) is 1.12. The van der Waals surface area contributed by atoms with Crippen LogP contribution in [0.25, 0.3) is 0 Å². The van der Waals surface area contributed by atoms with Gasteiger partial charge >= 0.3 is 0 Å². The van der Waals surface area contributed by atoms with Crippen LogP contribution < -0.4 is 0 Å². The third-order valence-electron chi connectivity index (χ3n) is 3.44. The molecule has 1 amide bonds. The Labute approximate surface area is 117 Å². The second-order valence-corrected chi connectivity index (χ2v) is 5.70. The van der Waals surface area contributed by atoms with E-state index in [1.165, 1.54) is 0 Å². The molecule has 0 aromatic heterocycles. The molecule has 2 unspecified atom stereocenters. The standard InChI is InChI=1S/C14H19NO3S/c1-19-14-10-13(16)15(14)8-7-12(18-17)9-11-5-3-2-4-6-11/h2-6,12,14,17H,7-10H2,1H3. The number of hydrogen-bond acceptors (Lipinski definition) is 4. The average molecular weight is 281 g/mol. The van der Waals surface area contributed by atoms with Crippen molar-refractivity contribution in [2.45, 2.75) is 30.7 Å². The molecule has 2 rings (SSSR count). The summed E-state index contributed by atoms with van der Waals surface area (Å²) in [6.07, 6.45) is 3.68. The lowest BCUT2D eigenvalue weighted by Gasteiger charge is -2.39. The summed E-state index contributed by atoms with van der Waals surface area (Å²) in [7, 11) is 0. The van der Waals surface area contributed by atoms with E-state index in [4.69, 9.17) is 5.26 Å². The van der Waals surface area contributed by atoms with Gasteiger partial charge in [-0.05, 0) is 18.2 Å². The van der Waals surface area contributed by atoms with E-state index in [0.717, 1.165) is 5.56 Å². The van der Waals surface area contributed by atoms with Crippen molar-refractivity contribution in [3.8, 4) is 0 Å². The molecule has 0 saturated carbocycles. The zero-order valence-corrected chi connectivity index (χ0v) is 11.8. The maximum atomic E-state index is 11.5. The largest absolute Gasteiger partial charge is 0.330 e. The second kappa shape index (κ2) is 6.93. The second-order valence-electron chi connectivity index (χ2n) is 4.69. The fraction of sp³-hybridized carbons (Fsp3) is 0.500. The van der Waals surface area contributed by atoms with Gasteiger partial charge in [-0.25, -0.2) is 4.89 Å². The Morgan fingerprint density at radius 2 is 2.21 bits per heavy atom. The van der Waals surface area contributed by atoms with Gasteiger partial charge in [-0.1, -0.05) is 30.3 Å². The highest BCUT2D eigenvalue weighted by Gasteiger charge is 2.35. The molecular weight excluding hydrogens is 262 g/mol. The highest BCUT2D eigenvalue weighted by molar-refractivity contribution is 7.99. The summed E-state index contributed by atoms with van der Waals surface area (Å²) in [6.45, 7) is 0.641. The van der Waals surface area contributed by atoms with Crippen molar-refractivity contribution in [2.75, 3.05) is 12.8 Å². The summed E-state index contributed by atoms with van der Waals surface area (Å²) in [6, 6.07) is 9.90. The minimum absolute atomic E-state index is 0.191. The van der Waals surface area contributed by atoms with E-state index in [9.17, 15) is 4.79 Å². The predicted molar refractivity (Wildman–Crippen MR) is 75.9 cm³/mol. The molecule has 1 aromatic carbocycles. The molecule has 1 aliphatic rings. The number of benzene rings is 1. The molecule has 1 aliphatic heterocycles. The number of nitrogens with zero attached hydrogens (tertiary/aromatic N) is 1. The normalized spacial score (nSPS) is 20.2. The van der Waals surface area contributed by atoms with Gasteiger partial charge in [-0.2, -0.15) is 0 Å². The molecule has 1 fully saturated rings. The maximum absolute atomic E-state index is 11.5. The van der Waals surface area contributed by atoms with Crippen LogP contribution in [0.15, 0.2) is 30.3 Å². The van der Waals surface area contributed by atoms with Crippen molar-refractivity contribution in [1.29, 1.82) is 0 Å². The molecule has 2 atom stereocenters. The van der Waals surface area contributed by atoms with Gasteiger partial charge in [0.05, 0.1) is 17.9 Å². The molecule has 5 heteroatoms. The number of carbonyl (C=O) groups is 1. The number of rotatable bonds is 7. The molecule has 0 bridgehead atoms. The van der Waals surface area contributed by atoms with Crippen LogP contribution in [0.3, 0.4) is 0 Å². The summed E-state index contributed by atoms with van der Waals surface area (Å²) in [5, 5.41) is 9.27. The van der Waals surface area contributed by atoms with E-state index in [1.54, 1.807) is 11.8 Å².